The van der Waals surface area contributed by atoms with Crippen LogP contribution in [0, 0.1) is 11.8 Å². The summed E-state index contributed by atoms with van der Waals surface area (Å²) < 4.78 is 5.68. The number of ether oxygens (including phenoxy) is 1. The summed E-state index contributed by atoms with van der Waals surface area (Å²) in [5, 5.41) is 9.80. The van der Waals surface area contributed by atoms with Gasteiger partial charge in [-0.3, -0.25) is 0 Å². The maximum absolute atomic E-state index is 9.80. The minimum atomic E-state index is -0.277. The Hall–Kier alpha value is -0.0800. The lowest BCUT2D eigenvalue weighted by molar-refractivity contribution is -0.151. The first-order valence-electron chi connectivity index (χ1n) is 4.86. The van der Waals surface area contributed by atoms with E-state index < -0.39 is 0 Å². The zero-order chi connectivity index (χ0) is 9.30. The van der Waals surface area contributed by atoms with Crippen LogP contribution in [0.25, 0.3) is 0 Å². The molecule has 1 N–H and O–H groups in total. The zero-order valence-electron chi connectivity index (χ0n) is 8.45. The van der Waals surface area contributed by atoms with Gasteiger partial charge in [-0.25, -0.2) is 0 Å². The van der Waals surface area contributed by atoms with Crippen molar-refractivity contribution in [2.45, 2.75) is 52.4 Å². The molecular formula is C10H20O2. The van der Waals surface area contributed by atoms with Gasteiger partial charge in [0.15, 0.2) is 0 Å². The highest BCUT2D eigenvalue weighted by atomic mass is 16.5. The van der Waals surface area contributed by atoms with Crippen LogP contribution in [-0.4, -0.2) is 23.4 Å². The van der Waals surface area contributed by atoms with Crippen LogP contribution in [0.15, 0.2) is 0 Å². The summed E-state index contributed by atoms with van der Waals surface area (Å²) in [6.07, 6.45) is 1.03. The van der Waals surface area contributed by atoms with E-state index in [1.54, 1.807) is 0 Å². The average Bonchev–Trinajstić information content (AvgIpc) is 1.96. The van der Waals surface area contributed by atoms with Crippen LogP contribution < -0.4 is 0 Å². The predicted molar refractivity (Wildman–Crippen MR) is 49.0 cm³/mol. The number of aliphatic hydroxyl groups is 1. The van der Waals surface area contributed by atoms with Gasteiger partial charge < -0.3 is 9.84 Å². The monoisotopic (exact) mass is 172 g/mol. The second-order valence-corrected chi connectivity index (χ2v) is 4.36. The lowest BCUT2D eigenvalue weighted by Gasteiger charge is -2.38. The SMILES string of the molecule is CC(C)C1O[C@H](C)C[C@H](C)[C@H]1O. The van der Waals surface area contributed by atoms with Crippen LogP contribution in [0.3, 0.4) is 0 Å². The van der Waals surface area contributed by atoms with Crippen molar-refractivity contribution in [2.24, 2.45) is 11.8 Å². The molecule has 1 rings (SSSR count). The number of rotatable bonds is 1. The highest BCUT2D eigenvalue weighted by Crippen LogP contribution is 2.28. The standard InChI is InChI=1S/C10H20O2/c1-6(2)10-9(11)7(3)5-8(4)12-10/h6-11H,5H2,1-4H3/t7-,8+,9+,10?/m0/s1. The maximum atomic E-state index is 9.80. The fraction of sp³-hybridized carbons (Fsp3) is 1.00. The van der Waals surface area contributed by atoms with Crippen molar-refractivity contribution >= 4 is 0 Å². The van der Waals surface area contributed by atoms with Crippen LogP contribution in [0.2, 0.25) is 0 Å². The average molecular weight is 172 g/mol. The molecule has 0 bridgehead atoms. The molecule has 0 aromatic heterocycles. The molecule has 0 aromatic rings. The summed E-state index contributed by atoms with van der Waals surface area (Å²) in [7, 11) is 0. The van der Waals surface area contributed by atoms with E-state index in [1.165, 1.54) is 0 Å². The summed E-state index contributed by atoms with van der Waals surface area (Å²) in [6.45, 7) is 8.37. The molecule has 72 valence electrons. The van der Waals surface area contributed by atoms with Crippen LogP contribution in [0.1, 0.15) is 34.1 Å². The van der Waals surface area contributed by atoms with Gasteiger partial charge in [-0.2, -0.15) is 0 Å². The number of hydrogen-bond acceptors (Lipinski definition) is 2. The molecule has 2 nitrogen and oxygen atoms in total. The minimum absolute atomic E-state index is 0.0312. The molecule has 1 heterocycles. The molecule has 1 unspecified atom stereocenters. The van der Waals surface area contributed by atoms with E-state index in [1.807, 2.05) is 0 Å². The predicted octanol–water partition coefficient (Wildman–Crippen LogP) is 1.82. The summed E-state index contributed by atoms with van der Waals surface area (Å²) >= 11 is 0. The molecule has 1 aliphatic rings. The third-order valence-electron chi connectivity index (χ3n) is 2.67. The quantitative estimate of drug-likeness (QED) is 0.653. The number of aliphatic hydroxyl groups excluding tert-OH is 1. The molecule has 0 saturated carbocycles. The largest absolute Gasteiger partial charge is 0.390 e. The normalized spacial score (nSPS) is 43.5. The molecule has 1 aliphatic heterocycles. The molecule has 0 aromatic carbocycles. The van der Waals surface area contributed by atoms with Gasteiger partial charge in [0.25, 0.3) is 0 Å². The van der Waals surface area contributed by atoms with Gasteiger partial charge in [0, 0.05) is 0 Å². The van der Waals surface area contributed by atoms with E-state index in [4.69, 9.17) is 4.74 Å². The van der Waals surface area contributed by atoms with Gasteiger partial charge >= 0.3 is 0 Å². The van der Waals surface area contributed by atoms with E-state index in [2.05, 4.69) is 27.7 Å². The second kappa shape index (κ2) is 3.75. The molecule has 1 saturated heterocycles. The summed E-state index contributed by atoms with van der Waals surface area (Å²) in [4.78, 5) is 0. The highest BCUT2D eigenvalue weighted by Gasteiger charge is 2.34. The lowest BCUT2D eigenvalue weighted by atomic mass is 9.86. The van der Waals surface area contributed by atoms with Gasteiger partial charge in [0.05, 0.1) is 18.3 Å². The van der Waals surface area contributed by atoms with Crippen molar-refractivity contribution in [3.05, 3.63) is 0 Å². The first-order chi connectivity index (χ1) is 5.52. The Morgan fingerprint density at radius 1 is 1.33 bits per heavy atom. The lowest BCUT2D eigenvalue weighted by Crippen LogP contribution is -2.45. The van der Waals surface area contributed by atoms with Crippen molar-refractivity contribution in [1.29, 1.82) is 0 Å². The van der Waals surface area contributed by atoms with Gasteiger partial charge in [0.1, 0.15) is 0 Å². The third-order valence-corrected chi connectivity index (χ3v) is 2.67. The van der Waals surface area contributed by atoms with Crippen LogP contribution in [0.4, 0.5) is 0 Å². The molecule has 1 fully saturated rings. The van der Waals surface area contributed by atoms with Gasteiger partial charge in [-0.1, -0.05) is 20.8 Å². The molecular weight excluding hydrogens is 152 g/mol. The summed E-state index contributed by atoms with van der Waals surface area (Å²) in [5.41, 5.74) is 0. The van der Waals surface area contributed by atoms with Crippen LogP contribution >= 0.6 is 0 Å². The molecule has 0 amide bonds. The van der Waals surface area contributed by atoms with Crippen molar-refractivity contribution in [1.82, 2.24) is 0 Å². The van der Waals surface area contributed by atoms with Gasteiger partial charge in [-0.15, -0.1) is 0 Å². The van der Waals surface area contributed by atoms with E-state index in [9.17, 15) is 5.11 Å². The first-order valence-corrected chi connectivity index (χ1v) is 4.86. The molecule has 12 heavy (non-hydrogen) atoms. The van der Waals surface area contributed by atoms with Gasteiger partial charge in [-0.05, 0) is 25.2 Å². The number of hydrogen-bond donors (Lipinski definition) is 1. The van der Waals surface area contributed by atoms with Crippen molar-refractivity contribution < 1.29 is 9.84 Å². The van der Waals surface area contributed by atoms with E-state index in [-0.39, 0.29) is 12.2 Å². The molecule has 0 aliphatic carbocycles. The summed E-state index contributed by atoms with van der Waals surface area (Å²) in [5.74, 6) is 0.784. The molecule has 4 atom stereocenters. The Labute approximate surface area is 74.9 Å². The highest BCUT2D eigenvalue weighted by molar-refractivity contribution is 4.83. The zero-order valence-corrected chi connectivity index (χ0v) is 8.45. The van der Waals surface area contributed by atoms with Gasteiger partial charge in [0.2, 0.25) is 0 Å². The summed E-state index contributed by atoms with van der Waals surface area (Å²) in [6, 6.07) is 0. The smallest absolute Gasteiger partial charge is 0.0862 e. The fourth-order valence-electron chi connectivity index (χ4n) is 1.94. The van der Waals surface area contributed by atoms with E-state index in [0.29, 0.717) is 17.9 Å². The Morgan fingerprint density at radius 2 is 1.92 bits per heavy atom. The molecule has 0 spiro atoms. The van der Waals surface area contributed by atoms with Crippen molar-refractivity contribution in [3.63, 3.8) is 0 Å². The van der Waals surface area contributed by atoms with E-state index in [0.717, 1.165) is 6.42 Å². The topological polar surface area (TPSA) is 29.5 Å². The Morgan fingerprint density at radius 3 is 2.42 bits per heavy atom. The minimum Gasteiger partial charge on any atom is -0.390 e. The van der Waals surface area contributed by atoms with Crippen molar-refractivity contribution in [2.75, 3.05) is 0 Å². The van der Waals surface area contributed by atoms with E-state index >= 15 is 0 Å². The van der Waals surface area contributed by atoms with Crippen LogP contribution in [0.5, 0.6) is 0 Å². The second-order valence-electron chi connectivity index (χ2n) is 4.36. The fourth-order valence-corrected chi connectivity index (χ4v) is 1.94. The molecule has 0 radical (unpaired) electrons. The van der Waals surface area contributed by atoms with Crippen LogP contribution in [-0.2, 0) is 4.74 Å². The van der Waals surface area contributed by atoms with Crippen molar-refractivity contribution in [3.8, 4) is 0 Å². The Kier molecular flexibility index (Phi) is 3.13. The first kappa shape index (κ1) is 10.0. The maximum Gasteiger partial charge on any atom is 0.0862 e. The Bertz CT molecular complexity index is 145. The Balaban J connectivity index is 2.60. The molecule has 2 heteroatoms. The third kappa shape index (κ3) is 1.99.